The number of likely N-dealkylation sites (N-methyl/N-ethyl adjacent to an activating group) is 1. The summed E-state index contributed by atoms with van der Waals surface area (Å²) in [6.45, 7) is 3.42. The van der Waals surface area contributed by atoms with Gasteiger partial charge in [0.2, 0.25) is 11.8 Å². The predicted octanol–water partition coefficient (Wildman–Crippen LogP) is 2.54. The lowest BCUT2D eigenvalue weighted by molar-refractivity contribution is -0.150. The summed E-state index contributed by atoms with van der Waals surface area (Å²) in [5.41, 5.74) is 1.21. The summed E-state index contributed by atoms with van der Waals surface area (Å²) in [5, 5.41) is 4.11. The quantitative estimate of drug-likeness (QED) is 0.810. The van der Waals surface area contributed by atoms with E-state index in [2.05, 4.69) is 18.4 Å². The van der Waals surface area contributed by atoms with Gasteiger partial charge in [-0.3, -0.25) is 9.59 Å². The number of piperazine rings is 1. The summed E-state index contributed by atoms with van der Waals surface area (Å²) in [6.07, 6.45) is 4.08. The maximum Gasteiger partial charge on any atom is 0.245 e. The molecule has 1 atom stereocenters. The number of rotatable bonds is 6. The van der Waals surface area contributed by atoms with Crippen molar-refractivity contribution < 1.29 is 9.59 Å². The number of hydrogen-bond donors (Lipinski definition) is 0. The van der Waals surface area contributed by atoms with E-state index in [9.17, 15) is 9.59 Å². The highest BCUT2D eigenvalue weighted by Gasteiger charge is 2.34. The van der Waals surface area contributed by atoms with Crippen LogP contribution < -0.4 is 0 Å². The van der Waals surface area contributed by atoms with Crippen LogP contribution in [0.4, 0.5) is 0 Å². The molecule has 1 aromatic rings. The molecule has 0 bridgehead atoms. The van der Waals surface area contributed by atoms with E-state index in [1.54, 1.807) is 16.2 Å². The molecule has 21 heavy (non-hydrogen) atoms. The minimum atomic E-state index is -0.251. The second-order valence-corrected chi connectivity index (χ2v) is 6.42. The molecule has 0 spiro atoms. The Morgan fingerprint density at radius 2 is 2.24 bits per heavy atom. The first-order valence-electron chi connectivity index (χ1n) is 7.69. The van der Waals surface area contributed by atoms with Gasteiger partial charge in [-0.2, -0.15) is 11.3 Å². The fraction of sp³-hybridized carbons (Fsp3) is 0.625. The Hall–Kier alpha value is -1.36. The van der Waals surface area contributed by atoms with Crippen LogP contribution in [0.1, 0.15) is 38.2 Å². The molecule has 0 radical (unpaired) electrons. The summed E-state index contributed by atoms with van der Waals surface area (Å²) in [4.78, 5) is 28.4. The van der Waals surface area contributed by atoms with Crippen molar-refractivity contribution in [3.05, 3.63) is 22.4 Å². The highest BCUT2D eigenvalue weighted by molar-refractivity contribution is 7.07. The number of carbonyl (C=O) groups is 2. The van der Waals surface area contributed by atoms with Crippen LogP contribution in [0.25, 0.3) is 0 Å². The zero-order valence-electron chi connectivity index (χ0n) is 12.9. The van der Waals surface area contributed by atoms with Gasteiger partial charge in [0.15, 0.2) is 0 Å². The highest BCUT2D eigenvalue weighted by Crippen LogP contribution is 2.18. The van der Waals surface area contributed by atoms with Gasteiger partial charge in [-0.05, 0) is 35.2 Å². The van der Waals surface area contributed by atoms with E-state index in [0.29, 0.717) is 19.5 Å². The van der Waals surface area contributed by atoms with Crippen molar-refractivity contribution in [1.29, 1.82) is 0 Å². The van der Waals surface area contributed by atoms with Crippen LogP contribution in [0.2, 0.25) is 0 Å². The largest absolute Gasteiger partial charge is 0.342 e. The van der Waals surface area contributed by atoms with Gasteiger partial charge in [-0.25, -0.2) is 0 Å². The van der Waals surface area contributed by atoms with Crippen molar-refractivity contribution in [3.8, 4) is 0 Å². The Bertz CT molecular complexity index is 473. The van der Waals surface area contributed by atoms with E-state index in [0.717, 1.165) is 25.7 Å². The van der Waals surface area contributed by atoms with E-state index >= 15 is 0 Å². The molecule has 116 valence electrons. The standard InChI is InChI=1S/C16H24N2O2S/c1-3-4-5-14-16(20)17(2)9-10-18(14)15(19)7-6-13-8-11-21-12-13/h8,11-12,14H,3-7,9-10H2,1-2H3/t14-/m0/s1. The van der Waals surface area contributed by atoms with Crippen molar-refractivity contribution in [2.45, 2.75) is 45.1 Å². The van der Waals surface area contributed by atoms with Gasteiger partial charge in [-0.15, -0.1) is 0 Å². The van der Waals surface area contributed by atoms with Crippen molar-refractivity contribution in [1.82, 2.24) is 9.80 Å². The fourth-order valence-corrected chi connectivity index (χ4v) is 3.42. The molecule has 1 aromatic heterocycles. The molecular formula is C16H24N2O2S. The molecule has 2 rings (SSSR count). The molecule has 1 fully saturated rings. The first-order chi connectivity index (χ1) is 10.1. The van der Waals surface area contributed by atoms with Gasteiger partial charge in [0.25, 0.3) is 0 Å². The normalized spacial score (nSPS) is 19.1. The van der Waals surface area contributed by atoms with E-state index in [4.69, 9.17) is 0 Å². The van der Waals surface area contributed by atoms with Gasteiger partial charge in [0.1, 0.15) is 6.04 Å². The summed E-state index contributed by atoms with van der Waals surface area (Å²) in [7, 11) is 1.83. The summed E-state index contributed by atoms with van der Waals surface area (Å²) < 4.78 is 0. The molecule has 5 heteroatoms. The molecule has 2 heterocycles. The topological polar surface area (TPSA) is 40.6 Å². The molecule has 0 N–H and O–H groups in total. The monoisotopic (exact) mass is 308 g/mol. The van der Waals surface area contributed by atoms with Crippen molar-refractivity contribution in [2.24, 2.45) is 0 Å². The second-order valence-electron chi connectivity index (χ2n) is 5.64. The molecule has 4 nitrogen and oxygen atoms in total. The highest BCUT2D eigenvalue weighted by atomic mass is 32.1. The van der Waals surface area contributed by atoms with Crippen LogP contribution in [-0.2, 0) is 16.0 Å². The van der Waals surface area contributed by atoms with E-state index in [-0.39, 0.29) is 17.9 Å². The number of thiophene rings is 1. The maximum absolute atomic E-state index is 12.5. The second kappa shape index (κ2) is 7.59. The zero-order chi connectivity index (χ0) is 15.2. The number of nitrogens with zero attached hydrogens (tertiary/aromatic N) is 2. The van der Waals surface area contributed by atoms with Crippen molar-refractivity contribution in [2.75, 3.05) is 20.1 Å². The molecule has 0 saturated carbocycles. The molecular weight excluding hydrogens is 284 g/mol. The summed E-state index contributed by atoms with van der Waals surface area (Å²) >= 11 is 1.65. The van der Waals surface area contributed by atoms with Crippen LogP contribution in [-0.4, -0.2) is 47.8 Å². The molecule has 2 amide bonds. The summed E-state index contributed by atoms with van der Waals surface area (Å²) in [6, 6.07) is 1.81. The number of hydrogen-bond acceptors (Lipinski definition) is 3. The van der Waals surface area contributed by atoms with E-state index < -0.39 is 0 Å². The van der Waals surface area contributed by atoms with Gasteiger partial charge in [-0.1, -0.05) is 19.8 Å². The molecule has 1 saturated heterocycles. The minimum Gasteiger partial charge on any atom is -0.342 e. The lowest BCUT2D eigenvalue weighted by atomic mass is 10.0. The third-order valence-electron chi connectivity index (χ3n) is 4.07. The minimum absolute atomic E-state index is 0.0959. The average Bonchev–Trinajstić information content (AvgIpc) is 2.99. The Balaban J connectivity index is 1.97. The Labute approximate surface area is 130 Å². The number of aryl methyl sites for hydroxylation is 1. The number of carbonyl (C=O) groups excluding carboxylic acids is 2. The van der Waals surface area contributed by atoms with Gasteiger partial charge in [0, 0.05) is 26.6 Å². The number of amides is 2. The van der Waals surface area contributed by atoms with E-state index in [1.165, 1.54) is 5.56 Å². The Morgan fingerprint density at radius 3 is 2.90 bits per heavy atom. The Kier molecular flexibility index (Phi) is 5.79. The van der Waals surface area contributed by atoms with E-state index in [1.807, 2.05) is 17.3 Å². The van der Waals surface area contributed by atoms with Gasteiger partial charge >= 0.3 is 0 Å². The van der Waals surface area contributed by atoms with Crippen LogP contribution in [0, 0.1) is 0 Å². The van der Waals surface area contributed by atoms with Crippen molar-refractivity contribution >= 4 is 23.2 Å². The SMILES string of the molecule is CCCC[C@H]1C(=O)N(C)CCN1C(=O)CCc1ccsc1. The maximum atomic E-state index is 12.5. The number of unbranched alkanes of at least 4 members (excludes halogenated alkanes) is 1. The third kappa shape index (κ3) is 4.06. The zero-order valence-corrected chi connectivity index (χ0v) is 13.7. The molecule has 0 aromatic carbocycles. The lowest BCUT2D eigenvalue weighted by Gasteiger charge is -2.39. The van der Waals surface area contributed by atoms with Crippen LogP contribution in [0.3, 0.4) is 0 Å². The summed E-state index contributed by atoms with van der Waals surface area (Å²) in [5.74, 6) is 0.210. The van der Waals surface area contributed by atoms with Crippen LogP contribution >= 0.6 is 11.3 Å². The third-order valence-corrected chi connectivity index (χ3v) is 4.80. The average molecular weight is 308 g/mol. The Morgan fingerprint density at radius 1 is 1.43 bits per heavy atom. The smallest absolute Gasteiger partial charge is 0.245 e. The van der Waals surface area contributed by atoms with Crippen LogP contribution in [0.5, 0.6) is 0 Å². The molecule has 1 aliphatic heterocycles. The van der Waals surface area contributed by atoms with Gasteiger partial charge < -0.3 is 9.80 Å². The first-order valence-corrected chi connectivity index (χ1v) is 8.63. The van der Waals surface area contributed by atoms with Gasteiger partial charge in [0.05, 0.1) is 0 Å². The predicted molar refractivity (Wildman–Crippen MR) is 85.3 cm³/mol. The lowest BCUT2D eigenvalue weighted by Crippen LogP contribution is -2.57. The van der Waals surface area contributed by atoms with Crippen LogP contribution in [0.15, 0.2) is 16.8 Å². The van der Waals surface area contributed by atoms with Crippen molar-refractivity contribution in [3.63, 3.8) is 0 Å². The molecule has 0 aliphatic carbocycles. The molecule has 0 unspecified atom stereocenters. The first kappa shape index (κ1) is 16.0. The fourth-order valence-electron chi connectivity index (χ4n) is 2.72. The molecule has 1 aliphatic rings.